The van der Waals surface area contributed by atoms with Crippen LogP contribution in [0.4, 0.5) is 0 Å². The number of nitrogens with zero attached hydrogens (tertiary/aromatic N) is 4. The van der Waals surface area contributed by atoms with Crippen LogP contribution in [0.3, 0.4) is 0 Å². The zero-order chi connectivity index (χ0) is 35.1. The summed E-state index contributed by atoms with van der Waals surface area (Å²) >= 11 is 0. The van der Waals surface area contributed by atoms with E-state index in [-0.39, 0.29) is 26.5 Å². The first-order valence-corrected chi connectivity index (χ1v) is 18.5. The second-order valence-electron chi connectivity index (χ2n) is 13.8. The van der Waals surface area contributed by atoms with E-state index in [1.165, 1.54) is 66.3 Å². The summed E-state index contributed by atoms with van der Waals surface area (Å²) in [4.78, 5) is 4.25. The molecular formula is C47H39N4OPt-3. The van der Waals surface area contributed by atoms with Crippen LogP contribution in [0.2, 0.25) is 0 Å². The van der Waals surface area contributed by atoms with Gasteiger partial charge in [0.05, 0.1) is 6.20 Å². The van der Waals surface area contributed by atoms with E-state index in [4.69, 9.17) is 9.84 Å². The van der Waals surface area contributed by atoms with Crippen molar-refractivity contribution in [2.45, 2.75) is 57.8 Å². The van der Waals surface area contributed by atoms with Gasteiger partial charge in [-0.2, -0.15) is 23.3 Å². The van der Waals surface area contributed by atoms with E-state index in [0.717, 1.165) is 38.7 Å². The summed E-state index contributed by atoms with van der Waals surface area (Å²) in [7, 11) is 0. The van der Waals surface area contributed by atoms with E-state index in [1.54, 1.807) is 6.20 Å². The zero-order valence-corrected chi connectivity index (χ0v) is 32.2. The van der Waals surface area contributed by atoms with Gasteiger partial charge in [-0.1, -0.05) is 118 Å². The average molecular weight is 871 g/mol. The van der Waals surface area contributed by atoms with Gasteiger partial charge in [-0.3, -0.25) is 4.68 Å². The third-order valence-corrected chi connectivity index (χ3v) is 10.7. The summed E-state index contributed by atoms with van der Waals surface area (Å²) in [6, 6.07) is 45.3. The van der Waals surface area contributed by atoms with Crippen molar-refractivity contribution in [3.63, 3.8) is 0 Å². The number of para-hydroxylation sites is 1. The number of rotatable bonds is 11. The number of aromatic nitrogens is 4. The molecule has 0 bridgehead atoms. The largest absolute Gasteiger partial charge is 0.509 e. The molecule has 8 aromatic rings. The average Bonchev–Trinajstić information content (AvgIpc) is 3.89. The van der Waals surface area contributed by atoms with Crippen LogP contribution in [0, 0.1) is 18.3 Å². The monoisotopic (exact) mass is 870 g/mol. The molecule has 1 aliphatic rings. The molecule has 0 unspecified atom stereocenters. The summed E-state index contributed by atoms with van der Waals surface area (Å²) < 4.78 is 10.4. The van der Waals surface area contributed by atoms with Gasteiger partial charge in [-0.05, 0) is 63.9 Å². The number of pyridine rings is 1. The molecule has 53 heavy (non-hydrogen) atoms. The van der Waals surface area contributed by atoms with Crippen molar-refractivity contribution in [3.05, 3.63) is 157 Å². The molecule has 0 saturated carbocycles. The van der Waals surface area contributed by atoms with E-state index in [0.29, 0.717) is 11.5 Å². The van der Waals surface area contributed by atoms with E-state index < -0.39 is 0 Å². The maximum Gasteiger partial charge on any atom is 0.0571 e. The molecule has 5 aromatic carbocycles. The van der Waals surface area contributed by atoms with Gasteiger partial charge in [-0.15, -0.1) is 41.8 Å². The molecular weight excluding hydrogens is 832 g/mol. The van der Waals surface area contributed by atoms with Gasteiger partial charge < -0.3 is 14.3 Å². The normalized spacial score (nSPS) is 12.8. The van der Waals surface area contributed by atoms with Crippen LogP contribution in [0.5, 0.6) is 11.5 Å². The van der Waals surface area contributed by atoms with Gasteiger partial charge in [0, 0.05) is 55.3 Å². The molecule has 3 heterocycles. The Morgan fingerprint density at radius 2 is 1.45 bits per heavy atom. The minimum atomic E-state index is 0. The Labute approximate surface area is 325 Å². The SMILES string of the molecule is CCCCC1(CCCC)c2ccccc2-c2ccc(-c3cnn(-c4[c-]c(Oc5[c-]c6c(cc5)c5ccccc5n6-c5[c-]nccc5)ccc4)c3)cc21.[Pt]. The van der Waals surface area contributed by atoms with Crippen molar-refractivity contribution in [3.8, 4) is 45.1 Å². The fraction of sp³-hybridized carbons (Fsp3) is 0.191. The Morgan fingerprint density at radius 1 is 0.679 bits per heavy atom. The molecule has 0 aliphatic heterocycles. The Morgan fingerprint density at radius 3 is 2.28 bits per heavy atom. The summed E-state index contributed by atoms with van der Waals surface area (Å²) in [5.41, 5.74) is 11.7. The van der Waals surface area contributed by atoms with Crippen LogP contribution >= 0.6 is 0 Å². The number of benzene rings is 5. The van der Waals surface area contributed by atoms with Gasteiger partial charge >= 0.3 is 0 Å². The smallest absolute Gasteiger partial charge is 0.0571 e. The van der Waals surface area contributed by atoms with Crippen LogP contribution in [-0.2, 0) is 26.5 Å². The molecule has 0 amide bonds. The summed E-state index contributed by atoms with van der Waals surface area (Å²) in [6.45, 7) is 4.60. The molecule has 5 nitrogen and oxygen atoms in total. The van der Waals surface area contributed by atoms with E-state index in [2.05, 4.69) is 115 Å². The van der Waals surface area contributed by atoms with Crippen molar-refractivity contribution in [1.82, 2.24) is 19.3 Å². The molecule has 0 atom stereocenters. The molecule has 0 saturated heterocycles. The molecule has 0 radical (unpaired) electrons. The van der Waals surface area contributed by atoms with Crippen molar-refractivity contribution < 1.29 is 25.8 Å². The predicted molar refractivity (Wildman–Crippen MR) is 209 cm³/mol. The third-order valence-electron chi connectivity index (χ3n) is 10.7. The molecule has 266 valence electrons. The molecule has 3 aromatic heterocycles. The van der Waals surface area contributed by atoms with Gasteiger partial charge in [0.2, 0.25) is 0 Å². The first-order chi connectivity index (χ1) is 25.7. The van der Waals surface area contributed by atoms with Crippen molar-refractivity contribution in [2.24, 2.45) is 0 Å². The Hall–Kier alpha value is -5.25. The topological polar surface area (TPSA) is 44.9 Å². The Balaban J connectivity index is 0.00000400. The minimum absolute atomic E-state index is 0. The van der Waals surface area contributed by atoms with Gasteiger partial charge in [0.25, 0.3) is 0 Å². The summed E-state index contributed by atoms with van der Waals surface area (Å²) in [6.07, 6.45) is 16.1. The Kier molecular flexibility index (Phi) is 9.62. The fourth-order valence-corrected chi connectivity index (χ4v) is 8.23. The van der Waals surface area contributed by atoms with Gasteiger partial charge in [0.15, 0.2) is 0 Å². The molecule has 1 aliphatic carbocycles. The van der Waals surface area contributed by atoms with Crippen LogP contribution in [-0.4, -0.2) is 19.3 Å². The molecule has 6 heteroatoms. The fourth-order valence-electron chi connectivity index (χ4n) is 8.23. The van der Waals surface area contributed by atoms with Crippen molar-refractivity contribution in [2.75, 3.05) is 0 Å². The quantitative estimate of drug-likeness (QED) is 0.122. The van der Waals surface area contributed by atoms with Crippen LogP contribution < -0.4 is 4.74 Å². The molecule has 0 N–H and O–H groups in total. The van der Waals surface area contributed by atoms with Crippen LogP contribution in [0.15, 0.2) is 128 Å². The van der Waals surface area contributed by atoms with Gasteiger partial charge in [0.1, 0.15) is 0 Å². The van der Waals surface area contributed by atoms with Crippen molar-refractivity contribution >= 4 is 21.8 Å². The predicted octanol–water partition coefficient (Wildman–Crippen LogP) is 11.9. The second-order valence-corrected chi connectivity index (χ2v) is 13.8. The first kappa shape index (κ1) is 34.8. The minimum Gasteiger partial charge on any atom is -0.509 e. The number of hydrogen-bond donors (Lipinski definition) is 0. The standard InChI is InChI=1S/C47H39N4O.Pt/c1-3-5-24-47(25-6-4-2)43-18-9-7-16-39(43)40-22-20-33(27-44(40)47)34-30-49-50(32-34)35-13-11-15-37(28-35)52-38-21-23-42-41-17-8-10-19-45(41)51(46(42)29-38)36-14-12-26-48-31-36;/h7-23,26-27,30,32H,3-6,24-25H2,1-2H3;/q-3;. The number of fused-ring (bicyclic) bond motifs is 6. The molecule has 0 fully saturated rings. The maximum atomic E-state index is 6.40. The summed E-state index contributed by atoms with van der Waals surface area (Å²) in [5, 5.41) is 7.03. The number of hydrogen-bond acceptors (Lipinski definition) is 3. The van der Waals surface area contributed by atoms with Crippen LogP contribution in [0.1, 0.15) is 63.5 Å². The third kappa shape index (κ3) is 6.11. The Bertz CT molecular complexity index is 2540. The maximum absolute atomic E-state index is 6.40. The van der Waals surface area contributed by atoms with Gasteiger partial charge in [-0.25, -0.2) is 0 Å². The summed E-state index contributed by atoms with van der Waals surface area (Å²) in [5.74, 6) is 1.19. The van der Waals surface area contributed by atoms with E-state index >= 15 is 0 Å². The second kappa shape index (κ2) is 14.6. The zero-order valence-electron chi connectivity index (χ0n) is 29.9. The van der Waals surface area contributed by atoms with Crippen LogP contribution in [0.25, 0.3) is 55.4 Å². The first-order valence-electron chi connectivity index (χ1n) is 18.5. The van der Waals surface area contributed by atoms with Crippen molar-refractivity contribution in [1.29, 1.82) is 0 Å². The van der Waals surface area contributed by atoms with E-state index in [9.17, 15) is 0 Å². The molecule has 0 spiro atoms. The molecule has 9 rings (SSSR count). The number of ether oxygens (including phenoxy) is 1. The number of unbranched alkanes of at least 4 members (excludes halogenated alkanes) is 2. The van der Waals surface area contributed by atoms with E-state index in [1.807, 2.05) is 53.3 Å².